The van der Waals surface area contributed by atoms with Gasteiger partial charge in [-0.05, 0) is 60.6 Å². The first-order chi connectivity index (χ1) is 9.81. The summed E-state index contributed by atoms with van der Waals surface area (Å²) in [6, 6.07) is 15.4. The van der Waals surface area contributed by atoms with Gasteiger partial charge in [0.05, 0.1) is 5.25 Å². The Labute approximate surface area is 137 Å². The average molecular weight is 388 g/mol. The fourth-order valence-electron chi connectivity index (χ4n) is 2.86. The van der Waals surface area contributed by atoms with Gasteiger partial charge in [0.1, 0.15) is 0 Å². The van der Waals surface area contributed by atoms with Crippen LogP contribution in [0.3, 0.4) is 0 Å². The van der Waals surface area contributed by atoms with Crippen molar-refractivity contribution in [1.82, 2.24) is 0 Å². The molecule has 2 aliphatic rings. The standard InChI is InChI=1S/C18H13IS/c19-14-10-13-5-3-7-17(16(13)11-14)20-18-9-8-12-4-1-2-6-15(12)18/h1-9,11,18H,10H2. The third-order valence-electron chi connectivity index (χ3n) is 3.82. The topological polar surface area (TPSA) is 0 Å². The van der Waals surface area contributed by atoms with Crippen molar-refractivity contribution in [2.75, 3.05) is 0 Å². The van der Waals surface area contributed by atoms with E-state index in [0.717, 1.165) is 6.42 Å². The van der Waals surface area contributed by atoms with Crippen LogP contribution in [0, 0.1) is 0 Å². The minimum absolute atomic E-state index is 0.448. The zero-order valence-electron chi connectivity index (χ0n) is 10.8. The lowest BCUT2D eigenvalue weighted by Gasteiger charge is -2.13. The maximum atomic E-state index is 2.45. The molecule has 2 heteroatoms. The van der Waals surface area contributed by atoms with Gasteiger partial charge < -0.3 is 0 Å². The first kappa shape index (κ1) is 12.7. The Morgan fingerprint density at radius 1 is 1.05 bits per heavy atom. The molecule has 0 radical (unpaired) electrons. The molecule has 20 heavy (non-hydrogen) atoms. The van der Waals surface area contributed by atoms with Crippen molar-refractivity contribution >= 4 is 46.5 Å². The van der Waals surface area contributed by atoms with Gasteiger partial charge in [-0.2, -0.15) is 0 Å². The molecule has 2 aliphatic carbocycles. The molecular formula is C18H13IS. The fraction of sp³-hybridized carbons (Fsp3) is 0.111. The second-order valence-corrected chi connectivity index (χ2v) is 7.69. The van der Waals surface area contributed by atoms with Gasteiger partial charge in [0.15, 0.2) is 0 Å². The minimum atomic E-state index is 0.448. The molecule has 0 saturated heterocycles. The molecule has 0 nitrogen and oxygen atoms in total. The van der Waals surface area contributed by atoms with Crippen LogP contribution < -0.4 is 0 Å². The van der Waals surface area contributed by atoms with Crippen LogP contribution in [0.1, 0.15) is 27.5 Å². The second-order valence-electron chi connectivity index (χ2n) is 5.12. The van der Waals surface area contributed by atoms with Crippen LogP contribution in [-0.4, -0.2) is 0 Å². The molecule has 98 valence electrons. The molecule has 1 atom stereocenters. The zero-order chi connectivity index (χ0) is 13.5. The first-order valence-electron chi connectivity index (χ1n) is 6.73. The van der Waals surface area contributed by atoms with Crippen LogP contribution in [0.4, 0.5) is 0 Å². The molecule has 0 heterocycles. The predicted octanol–water partition coefficient (Wildman–Crippen LogP) is 5.88. The minimum Gasteiger partial charge on any atom is -0.113 e. The quantitative estimate of drug-likeness (QED) is 0.579. The van der Waals surface area contributed by atoms with E-state index in [1.54, 1.807) is 0 Å². The molecule has 2 aromatic rings. The monoisotopic (exact) mass is 388 g/mol. The molecule has 0 bridgehead atoms. The van der Waals surface area contributed by atoms with Crippen molar-refractivity contribution in [3.05, 3.63) is 74.4 Å². The maximum absolute atomic E-state index is 2.45. The van der Waals surface area contributed by atoms with Gasteiger partial charge in [0.2, 0.25) is 0 Å². The van der Waals surface area contributed by atoms with Crippen LogP contribution in [-0.2, 0) is 6.42 Å². The van der Waals surface area contributed by atoms with E-state index in [1.807, 2.05) is 11.8 Å². The third kappa shape index (κ3) is 2.15. The Kier molecular flexibility index (Phi) is 3.23. The molecular weight excluding hydrogens is 375 g/mol. The van der Waals surface area contributed by atoms with Crippen molar-refractivity contribution < 1.29 is 0 Å². The zero-order valence-corrected chi connectivity index (χ0v) is 13.8. The Morgan fingerprint density at radius 3 is 2.90 bits per heavy atom. The molecule has 2 aromatic carbocycles. The summed E-state index contributed by atoms with van der Waals surface area (Å²) in [5.74, 6) is 0. The molecule has 0 N–H and O–H groups in total. The number of hydrogen-bond donors (Lipinski definition) is 0. The lowest BCUT2D eigenvalue weighted by atomic mass is 10.1. The number of halogens is 1. The molecule has 0 amide bonds. The number of benzene rings is 2. The average Bonchev–Trinajstić information content (AvgIpc) is 3.03. The summed E-state index contributed by atoms with van der Waals surface area (Å²) >= 11 is 4.41. The van der Waals surface area contributed by atoms with Crippen LogP contribution >= 0.6 is 34.4 Å². The Morgan fingerprint density at radius 2 is 1.95 bits per heavy atom. The Hall–Kier alpha value is -1.00. The van der Waals surface area contributed by atoms with E-state index in [2.05, 4.69) is 83.3 Å². The predicted molar refractivity (Wildman–Crippen MR) is 96.2 cm³/mol. The summed E-state index contributed by atoms with van der Waals surface area (Å²) in [5, 5.41) is 0.448. The summed E-state index contributed by atoms with van der Waals surface area (Å²) in [6.07, 6.45) is 8.00. The van der Waals surface area contributed by atoms with Crippen molar-refractivity contribution in [2.24, 2.45) is 0 Å². The highest BCUT2D eigenvalue weighted by Crippen LogP contribution is 2.45. The lowest BCUT2D eigenvalue weighted by Crippen LogP contribution is -1.90. The SMILES string of the molecule is IC1=Cc2c(cccc2SC2C=Cc3ccccc32)C1. The van der Waals surface area contributed by atoms with Crippen molar-refractivity contribution in [3.8, 4) is 0 Å². The highest BCUT2D eigenvalue weighted by Gasteiger charge is 2.21. The van der Waals surface area contributed by atoms with Gasteiger partial charge in [0, 0.05) is 11.3 Å². The summed E-state index contributed by atoms with van der Waals surface area (Å²) in [4.78, 5) is 1.40. The van der Waals surface area contributed by atoms with Crippen molar-refractivity contribution in [2.45, 2.75) is 16.6 Å². The van der Waals surface area contributed by atoms with Crippen LogP contribution in [0.25, 0.3) is 12.2 Å². The van der Waals surface area contributed by atoms with Crippen LogP contribution in [0.2, 0.25) is 0 Å². The molecule has 4 rings (SSSR count). The van der Waals surface area contributed by atoms with E-state index >= 15 is 0 Å². The molecule has 0 fully saturated rings. The number of rotatable bonds is 2. The summed E-state index contributed by atoms with van der Waals surface area (Å²) in [7, 11) is 0. The highest BCUT2D eigenvalue weighted by atomic mass is 127. The molecule has 1 unspecified atom stereocenters. The largest absolute Gasteiger partial charge is 0.113 e. The van der Waals surface area contributed by atoms with Crippen molar-refractivity contribution in [3.63, 3.8) is 0 Å². The fourth-order valence-corrected chi connectivity index (χ4v) is 4.82. The van der Waals surface area contributed by atoms with E-state index in [0.29, 0.717) is 5.25 Å². The normalized spacial score (nSPS) is 18.9. The molecule has 0 saturated carbocycles. The number of allylic oxidation sites excluding steroid dienone is 1. The van der Waals surface area contributed by atoms with Gasteiger partial charge >= 0.3 is 0 Å². The van der Waals surface area contributed by atoms with Gasteiger partial charge in [-0.25, -0.2) is 0 Å². The van der Waals surface area contributed by atoms with Crippen LogP contribution in [0.5, 0.6) is 0 Å². The number of thioether (sulfide) groups is 1. The van der Waals surface area contributed by atoms with Gasteiger partial charge in [0.25, 0.3) is 0 Å². The first-order valence-corrected chi connectivity index (χ1v) is 8.69. The summed E-state index contributed by atoms with van der Waals surface area (Å²) < 4.78 is 1.44. The van der Waals surface area contributed by atoms with Gasteiger partial charge in [-0.3, -0.25) is 0 Å². The van der Waals surface area contributed by atoms with Crippen LogP contribution in [0.15, 0.2) is 57.0 Å². The van der Waals surface area contributed by atoms with E-state index in [4.69, 9.17) is 0 Å². The number of fused-ring (bicyclic) bond motifs is 2. The lowest BCUT2D eigenvalue weighted by molar-refractivity contribution is 1.23. The Bertz CT molecular complexity index is 743. The summed E-state index contributed by atoms with van der Waals surface area (Å²) in [5.41, 5.74) is 5.70. The molecule has 0 aromatic heterocycles. The summed E-state index contributed by atoms with van der Waals surface area (Å²) in [6.45, 7) is 0. The highest BCUT2D eigenvalue weighted by molar-refractivity contribution is 14.1. The molecule has 0 spiro atoms. The smallest absolute Gasteiger partial charge is 0.0533 e. The third-order valence-corrected chi connectivity index (χ3v) is 5.79. The molecule has 0 aliphatic heterocycles. The van der Waals surface area contributed by atoms with Crippen molar-refractivity contribution in [1.29, 1.82) is 0 Å². The van der Waals surface area contributed by atoms with Gasteiger partial charge in [-0.15, -0.1) is 11.8 Å². The maximum Gasteiger partial charge on any atom is 0.0533 e. The van der Waals surface area contributed by atoms with E-state index < -0.39 is 0 Å². The second kappa shape index (κ2) is 5.08. The van der Waals surface area contributed by atoms with E-state index in [1.165, 1.54) is 30.7 Å². The van der Waals surface area contributed by atoms with Gasteiger partial charge in [-0.1, -0.05) is 48.6 Å². The van der Waals surface area contributed by atoms with E-state index in [9.17, 15) is 0 Å². The Balaban J connectivity index is 1.69. The number of hydrogen-bond acceptors (Lipinski definition) is 1. The van der Waals surface area contributed by atoms with E-state index in [-0.39, 0.29) is 0 Å².